The Morgan fingerprint density at radius 3 is 1.69 bits per heavy atom. The van der Waals surface area contributed by atoms with E-state index < -0.39 is 8.07 Å². The van der Waals surface area contributed by atoms with Crippen molar-refractivity contribution in [1.29, 1.82) is 0 Å². The van der Waals surface area contributed by atoms with Crippen molar-refractivity contribution in [2.75, 3.05) is 0 Å². The van der Waals surface area contributed by atoms with Crippen molar-refractivity contribution in [1.82, 2.24) is 0 Å². The highest BCUT2D eigenvalue weighted by Crippen LogP contribution is 2.33. The summed E-state index contributed by atoms with van der Waals surface area (Å²) in [6.45, 7) is 14.8. The maximum absolute atomic E-state index is 4.06. The molecule has 0 unspecified atom stereocenters. The number of benzene rings is 2. The highest BCUT2D eigenvalue weighted by molar-refractivity contribution is 9.15. The van der Waals surface area contributed by atoms with Crippen LogP contribution in [0.1, 0.15) is 82.8 Å². The second kappa shape index (κ2) is 20.2. The second-order valence-electron chi connectivity index (χ2n) is 9.97. The molecule has 0 atom stereocenters. The fourth-order valence-electron chi connectivity index (χ4n) is 3.89. The summed E-state index contributed by atoms with van der Waals surface area (Å²) in [6.07, 6.45) is 18.9. The first-order valence-corrected chi connectivity index (χ1v) is 17.7. The van der Waals surface area contributed by atoms with E-state index in [2.05, 4.69) is 85.5 Å². The van der Waals surface area contributed by atoms with Gasteiger partial charge in [-0.25, -0.2) is 0 Å². The van der Waals surface area contributed by atoms with E-state index in [1.54, 1.807) is 12.1 Å². The predicted octanol–water partition coefficient (Wildman–Crippen LogP) is 12.0. The summed E-state index contributed by atoms with van der Waals surface area (Å²) in [5, 5.41) is 0. The zero-order chi connectivity index (χ0) is 26.5. The predicted molar refractivity (Wildman–Crippen MR) is 172 cm³/mol. The number of halogens is 1. The lowest BCUT2D eigenvalue weighted by Crippen LogP contribution is -2.35. The van der Waals surface area contributed by atoms with Gasteiger partial charge in [0.15, 0.2) is 0 Å². The number of allylic oxidation sites excluding steroid dienone is 4. The van der Waals surface area contributed by atoms with Crippen LogP contribution in [0.25, 0.3) is 10.1 Å². The number of rotatable bonds is 12. The van der Waals surface area contributed by atoms with Gasteiger partial charge in [0.2, 0.25) is 0 Å². The Morgan fingerprint density at radius 1 is 0.778 bits per heavy atom. The van der Waals surface area contributed by atoms with E-state index in [0.29, 0.717) is 0 Å². The lowest BCUT2D eigenvalue weighted by Gasteiger charge is -2.32. The molecular weight excluding hydrogens is 516 g/mol. The van der Waals surface area contributed by atoms with Crippen LogP contribution in [0.2, 0.25) is 18.6 Å². The Bertz CT molecular complexity index is 891. The molecule has 1 heterocycles. The Balaban J connectivity index is 0.000000279. The molecule has 1 saturated heterocycles. The third kappa shape index (κ3) is 15.3. The van der Waals surface area contributed by atoms with Crippen LogP contribution in [0.3, 0.4) is 0 Å². The molecule has 0 saturated carbocycles. The molecule has 0 aromatic heterocycles. The average molecular weight is 566 g/mol. The third-order valence-corrected chi connectivity index (χ3v) is 11.0. The van der Waals surface area contributed by atoms with Gasteiger partial charge in [0.05, 0.1) is 8.07 Å². The molecule has 1 aliphatic rings. The minimum absolute atomic E-state index is 0.737. The van der Waals surface area contributed by atoms with Gasteiger partial charge < -0.3 is 0 Å². The van der Waals surface area contributed by atoms with Crippen LogP contribution in [0.4, 0.5) is 0 Å². The van der Waals surface area contributed by atoms with Crippen molar-refractivity contribution in [3.8, 4) is 0 Å². The molecule has 2 aromatic rings. The molecule has 0 bridgehead atoms. The van der Waals surface area contributed by atoms with Crippen molar-refractivity contribution in [2.24, 2.45) is 0 Å². The Kier molecular flexibility index (Phi) is 18.0. The fraction of sp³-hybridized carbons (Fsp3) is 0.412. The van der Waals surface area contributed by atoms with Crippen molar-refractivity contribution in [3.05, 3.63) is 109 Å². The Hall–Kier alpha value is -1.90. The molecule has 0 aliphatic carbocycles. The molecule has 0 radical (unpaired) electrons. The molecule has 3 rings (SSSR count). The summed E-state index contributed by atoms with van der Waals surface area (Å²) in [5.74, 6) is 0. The van der Waals surface area contributed by atoms with E-state index in [4.69, 9.17) is 0 Å². The van der Waals surface area contributed by atoms with Crippen molar-refractivity contribution in [2.45, 2.75) is 90.3 Å². The van der Waals surface area contributed by atoms with Crippen molar-refractivity contribution < 1.29 is 0 Å². The average Bonchev–Trinajstić information content (AvgIpc) is 2.89. The number of hydrogen-bond acceptors (Lipinski definition) is 0. The zero-order valence-electron chi connectivity index (χ0n) is 23.2. The fourth-order valence-corrected chi connectivity index (χ4v) is 6.69. The minimum Gasteiger partial charge on any atom is -0.0984 e. The maximum atomic E-state index is 4.06. The van der Waals surface area contributed by atoms with E-state index in [9.17, 15) is 0 Å². The van der Waals surface area contributed by atoms with Gasteiger partial charge >= 0.3 is 0 Å². The van der Waals surface area contributed by atoms with Crippen LogP contribution in [-0.2, 0) is 0 Å². The van der Waals surface area contributed by atoms with Gasteiger partial charge in [-0.2, -0.15) is 0 Å². The molecule has 1 fully saturated rings. The third-order valence-electron chi connectivity index (χ3n) is 6.52. The van der Waals surface area contributed by atoms with Gasteiger partial charge in [-0.15, -0.1) is 0 Å². The van der Waals surface area contributed by atoms with Gasteiger partial charge in [0, 0.05) is 4.48 Å². The molecule has 36 heavy (non-hydrogen) atoms. The van der Waals surface area contributed by atoms with E-state index in [-0.39, 0.29) is 0 Å². The van der Waals surface area contributed by atoms with Gasteiger partial charge in [-0.3, -0.25) is 0 Å². The second-order valence-corrected chi connectivity index (χ2v) is 15.6. The Morgan fingerprint density at radius 2 is 1.28 bits per heavy atom. The van der Waals surface area contributed by atoms with Gasteiger partial charge in [0.1, 0.15) is 0 Å². The van der Waals surface area contributed by atoms with E-state index >= 15 is 0 Å². The summed E-state index contributed by atoms with van der Waals surface area (Å²) < 4.78 is 0.933. The van der Waals surface area contributed by atoms with E-state index in [1.165, 1.54) is 63.4 Å². The first kappa shape index (κ1) is 32.1. The molecule has 2 heteroatoms. The summed E-state index contributed by atoms with van der Waals surface area (Å²) in [6, 6.07) is 23.4. The molecule has 0 amide bonds. The summed E-state index contributed by atoms with van der Waals surface area (Å²) in [4.78, 5) is 0. The van der Waals surface area contributed by atoms with Crippen molar-refractivity contribution >= 4 is 34.1 Å². The van der Waals surface area contributed by atoms with Gasteiger partial charge in [0.25, 0.3) is 0 Å². The minimum atomic E-state index is -0.737. The van der Waals surface area contributed by atoms with Crippen LogP contribution >= 0.6 is 15.9 Å². The van der Waals surface area contributed by atoms with Crippen LogP contribution in [-0.4, -0.2) is 8.07 Å². The molecule has 0 N–H and O–H groups in total. The first-order valence-electron chi connectivity index (χ1n) is 13.9. The summed E-state index contributed by atoms with van der Waals surface area (Å²) in [5.41, 5.74) is 6.04. The first-order chi connectivity index (χ1) is 17.4. The van der Waals surface area contributed by atoms with Gasteiger partial charge in [-0.1, -0.05) is 178 Å². The lowest BCUT2D eigenvalue weighted by atomic mass is 10.1. The summed E-state index contributed by atoms with van der Waals surface area (Å²) in [7, 11) is -0.737. The Labute approximate surface area is 232 Å². The topological polar surface area (TPSA) is 0 Å². The molecule has 0 nitrogen and oxygen atoms in total. The summed E-state index contributed by atoms with van der Waals surface area (Å²) >= 11 is 3.29. The SMILES string of the molecule is C=C(/C=C/CCCCC)c1ccccc1.C=C(Br)c1ccccc1.CCCCC/C=C/[Si]1(C)CCC1. The van der Waals surface area contributed by atoms with Crippen LogP contribution < -0.4 is 0 Å². The standard InChI is InChI=1S/C15H20.C11H22Si.C8H7Br/c1-3-4-5-6-8-11-14(2)15-12-9-7-10-13-15;1-3-4-5-6-7-9-12(2)10-8-11-12;1-7(9)8-5-3-2-4-6-8/h7-13H,2-6H2,1H3;7,9H,3-6,8,10-11H2,1-2H3;2-6H,1H2/b11-8+;9-7+;. The zero-order valence-corrected chi connectivity index (χ0v) is 25.7. The monoisotopic (exact) mass is 564 g/mol. The highest BCUT2D eigenvalue weighted by Gasteiger charge is 2.30. The number of hydrogen-bond donors (Lipinski definition) is 0. The highest BCUT2D eigenvalue weighted by atomic mass is 79.9. The van der Waals surface area contributed by atoms with Crippen LogP contribution in [0, 0.1) is 0 Å². The number of unbranched alkanes of at least 4 members (excludes halogenated alkanes) is 6. The molecule has 0 spiro atoms. The van der Waals surface area contributed by atoms with E-state index in [0.717, 1.165) is 15.6 Å². The maximum Gasteiger partial charge on any atom is 0.0743 e. The molecule has 1 aliphatic heterocycles. The van der Waals surface area contributed by atoms with Gasteiger partial charge in [-0.05, 0) is 42.4 Å². The molecule has 196 valence electrons. The normalized spacial score (nSPS) is 13.8. The molecular formula is C34H49BrSi. The quantitative estimate of drug-likeness (QED) is 0.136. The molecule has 2 aromatic carbocycles. The van der Waals surface area contributed by atoms with Crippen molar-refractivity contribution in [3.63, 3.8) is 0 Å². The van der Waals surface area contributed by atoms with Crippen LogP contribution in [0.5, 0.6) is 0 Å². The van der Waals surface area contributed by atoms with E-state index in [1.807, 2.05) is 48.5 Å². The smallest absolute Gasteiger partial charge is 0.0743 e. The lowest BCUT2D eigenvalue weighted by molar-refractivity contribution is 0.729. The largest absolute Gasteiger partial charge is 0.0984 e. The van der Waals surface area contributed by atoms with Crippen LogP contribution in [0.15, 0.2) is 97.7 Å².